The van der Waals surface area contributed by atoms with Crippen molar-refractivity contribution in [3.05, 3.63) is 102 Å². The molecule has 0 saturated carbocycles. The van der Waals surface area contributed by atoms with Gasteiger partial charge in [-0.1, -0.05) is 24.3 Å². The van der Waals surface area contributed by atoms with Gasteiger partial charge < -0.3 is 19.6 Å². The molecule has 0 saturated heterocycles. The van der Waals surface area contributed by atoms with E-state index in [0.717, 1.165) is 11.3 Å². The fraction of sp³-hybridized carbons (Fsp3) is 0.0769. The number of rotatable bonds is 5. The van der Waals surface area contributed by atoms with Crippen LogP contribution in [0.3, 0.4) is 0 Å². The summed E-state index contributed by atoms with van der Waals surface area (Å²) in [7, 11) is 1.59. The number of amides is 1. The van der Waals surface area contributed by atoms with Crippen LogP contribution in [-0.4, -0.2) is 24.1 Å². The zero-order valence-corrected chi connectivity index (χ0v) is 17.7. The van der Waals surface area contributed by atoms with Crippen LogP contribution in [0.1, 0.15) is 32.6 Å². The number of aromatic carboxylic acids is 1. The van der Waals surface area contributed by atoms with Gasteiger partial charge in [0.25, 0.3) is 5.91 Å². The largest absolute Gasteiger partial charge is 0.497 e. The minimum Gasteiger partial charge on any atom is -0.497 e. The summed E-state index contributed by atoms with van der Waals surface area (Å²) in [6.45, 7) is 0. The summed E-state index contributed by atoms with van der Waals surface area (Å²) in [5.41, 5.74) is 2.93. The molecule has 33 heavy (non-hydrogen) atoms. The molecule has 7 nitrogen and oxygen atoms in total. The second-order valence-corrected chi connectivity index (χ2v) is 7.55. The lowest BCUT2D eigenvalue weighted by Gasteiger charge is -2.36. The predicted octanol–water partition coefficient (Wildman–Crippen LogP) is 5.42. The number of hydrogen-bond acceptors (Lipinski definition) is 5. The number of para-hydroxylation sites is 1. The lowest BCUT2D eigenvalue weighted by atomic mass is 10.1. The highest BCUT2D eigenvalue weighted by Gasteiger charge is 2.35. The smallest absolute Gasteiger partial charge is 0.335 e. The Morgan fingerprint density at radius 3 is 2.39 bits per heavy atom. The van der Waals surface area contributed by atoms with Crippen molar-refractivity contribution in [3.8, 4) is 17.1 Å². The lowest BCUT2D eigenvalue weighted by Crippen LogP contribution is -2.43. The quantitative estimate of drug-likeness (QED) is 0.430. The first-order chi connectivity index (χ1) is 16.0. The maximum absolute atomic E-state index is 13.5. The van der Waals surface area contributed by atoms with Gasteiger partial charge in [-0.2, -0.15) is 0 Å². The molecule has 0 bridgehead atoms. The van der Waals surface area contributed by atoms with Crippen molar-refractivity contribution >= 4 is 23.3 Å². The molecule has 164 valence electrons. The molecule has 1 amide bonds. The van der Waals surface area contributed by atoms with E-state index in [2.05, 4.69) is 5.32 Å². The van der Waals surface area contributed by atoms with E-state index in [-0.39, 0.29) is 11.5 Å². The number of anilines is 2. The molecule has 0 spiro atoms. The number of ether oxygens (including phenoxy) is 1. The molecule has 0 fully saturated rings. The Hall–Kier alpha value is -4.52. The summed E-state index contributed by atoms with van der Waals surface area (Å²) in [6.07, 6.45) is -0.576. The van der Waals surface area contributed by atoms with E-state index in [1.165, 1.54) is 12.1 Å². The molecule has 2 N–H and O–H groups in total. The maximum atomic E-state index is 13.5. The van der Waals surface area contributed by atoms with Crippen LogP contribution in [0.25, 0.3) is 11.3 Å². The molecule has 0 radical (unpaired) electrons. The highest BCUT2D eigenvalue weighted by Crippen LogP contribution is 2.38. The number of carbonyl (C=O) groups is 2. The van der Waals surface area contributed by atoms with Gasteiger partial charge in [-0.15, -0.1) is 0 Å². The Morgan fingerprint density at radius 1 is 0.970 bits per heavy atom. The van der Waals surface area contributed by atoms with E-state index in [1.54, 1.807) is 42.3 Å². The van der Waals surface area contributed by atoms with Crippen LogP contribution in [0.2, 0.25) is 0 Å². The summed E-state index contributed by atoms with van der Waals surface area (Å²) in [4.78, 5) is 26.3. The van der Waals surface area contributed by atoms with Gasteiger partial charge in [-0.05, 0) is 60.7 Å². The number of furan rings is 1. The van der Waals surface area contributed by atoms with Crippen molar-refractivity contribution in [3.63, 3.8) is 0 Å². The highest BCUT2D eigenvalue weighted by molar-refractivity contribution is 6.12. The van der Waals surface area contributed by atoms with Crippen molar-refractivity contribution in [2.75, 3.05) is 17.3 Å². The SMILES string of the molecule is COc1ccc(N2C(=O)c3ccccc3NC2c2ccc(-c3ccc(C(=O)O)cc3)o2)cc1. The van der Waals surface area contributed by atoms with Gasteiger partial charge >= 0.3 is 5.97 Å². The second kappa shape index (κ2) is 8.20. The standard InChI is InChI=1S/C26H20N2O5/c1-32-19-12-10-18(11-13-19)28-24(27-21-5-3-2-4-20(21)25(28)29)23-15-14-22(33-23)16-6-8-17(9-7-16)26(30)31/h2-15,24,27H,1H3,(H,30,31). The zero-order valence-electron chi connectivity index (χ0n) is 17.7. The molecule has 1 aromatic heterocycles. The number of carboxylic acids is 1. The number of methoxy groups -OCH3 is 1. The second-order valence-electron chi connectivity index (χ2n) is 7.55. The van der Waals surface area contributed by atoms with Gasteiger partial charge in [0.05, 0.1) is 18.2 Å². The predicted molar refractivity (Wildman–Crippen MR) is 124 cm³/mol. The summed E-state index contributed by atoms with van der Waals surface area (Å²) in [5.74, 6) is 0.678. The van der Waals surface area contributed by atoms with Gasteiger partial charge in [-0.25, -0.2) is 4.79 Å². The number of benzene rings is 3. The Labute approximate surface area is 189 Å². The van der Waals surface area contributed by atoms with E-state index < -0.39 is 12.1 Å². The average Bonchev–Trinajstić information content (AvgIpc) is 3.34. The average molecular weight is 440 g/mol. The van der Waals surface area contributed by atoms with Gasteiger partial charge in [0, 0.05) is 16.9 Å². The Balaban J connectivity index is 1.54. The molecular weight excluding hydrogens is 420 g/mol. The Kier molecular flexibility index (Phi) is 5.06. The van der Waals surface area contributed by atoms with Gasteiger partial charge in [0.2, 0.25) is 0 Å². The minimum atomic E-state index is -0.986. The minimum absolute atomic E-state index is 0.150. The fourth-order valence-corrected chi connectivity index (χ4v) is 3.89. The first-order valence-corrected chi connectivity index (χ1v) is 10.3. The molecule has 1 atom stereocenters. The van der Waals surface area contributed by atoms with Gasteiger partial charge in [0.1, 0.15) is 17.3 Å². The lowest BCUT2D eigenvalue weighted by molar-refractivity contribution is 0.0696. The van der Waals surface area contributed by atoms with Crippen molar-refractivity contribution in [2.24, 2.45) is 0 Å². The molecule has 1 unspecified atom stereocenters. The molecule has 2 heterocycles. The fourth-order valence-electron chi connectivity index (χ4n) is 3.89. The van der Waals surface area contributed by atoms with Crippen LogP contribution in [0.4, 0.5) is 11.4 Å². The van der Waals surface area contributed by atoms with E-state index in [4.69, 9.17) is 14.3 Å². The van der Waals surface area contributed by atoms with Crippen LogP contribution >= 0.6 is 0 Å². The van der Waals surface area contributed by atoms with Crippen LogP contribution in [0.5, 0.6) is 5.75 Å². The number of carbonyl (C=O) groups excluding carboxylic acids is 1. The summed E-state index contributed by atoms with van der Waals surface area (Å²) < 4.78 is 11.4. The van der Waals surface area contributed by atoms with E-state index in [1.807, 2.05) is 42.5 Å². The molecule has 3 aromatic carbocycles. The molecule has 1 aliphatic rings. The number of fused-ring (bicyclic) bond motifs is 1. The summed E-state index contributed by atoms with van der Waals surface area (Å²) >= 11 is 0. The molecule has 5 rings (SSSR count). The molecule has 1 aliphatic heterocycles. The number of carboxylic acid groups (broad SMARTS) is 1. The van der Waals surface area contributed by atoms with Crippen molar-refractivity contribution in [1.82, 2.24) is 0 Å². The molecule has 7 heteroatoms. The van der Waals surface area contributed by atoms with Crippen molar-refractivity contribution in [2.45, 2.75) is 6.17 Å². The topological polar surface area (TPSA) is 92.0 Å². The third-order valence-electron chi connectivity index (χ3n) is 5.59. The van der Waals surface area contributed by atoms with Crippen molar-refractivity contribution in [1.29, 1.82) is 0 Å². The normalized spacial score (nSPS) is 15.0. The van der Waals surface area contributed by atoms with E-state index >= 15 is 0 Å². The van der Waals surface area contributed by atoms with Crippen molar-refractivity contribution < 1.29 is 23.8 Å². The maximum Gasteiger partial charge on any atom is 0.335 e. The van der Waals surface area contributed by atoms with E-state index in [9.17, 15) is 9.59 Å². The van der Waals surface area contributed by atoms with E-state index in [0.29, 0.717) is 28.5 Å². The Bertz CT molecular complexity index is 1330. The summed E-state index contributed by atoms with van der Waals surface area (Å²) in [5, 5.41) is 12.5. The third kappa shape index (κ3) is 3.70. The monoisotopic (exact) mass is 440 g/mol. The third-order valence-corrected chi connectivity index (χ3v) is 5.59. The first-order valence-electron chi connectivity index (χ1n) is 10.3. The molecular formula is C26H20N2O5. The van der Waals surface area contributed by atoms with Crippen LogP contribution < -0.4 is 15.0 Å². The van der Waals surface area contributed by atoms with Gasteiger partial charge in [0.15, 0.2) is 6.17 Å². The zero-order chi connectivity index (χ0) is 22.9. The first kappa shape index (κ1) is 20.4. The summed E-state index contributed by atoms with van der Waals surface area (Å²) in [6, 6.07) is 24.7. The van der Waals surface area contributed by atoms with Gasteiger partial charge in [-0.3, -0.25) is 9.69 Å². The van der Waals surface area contributed by atoms with Crippen LogP contribution in [-0.2, 0) is 0 Å². The molecule has 0 aliphatic carbocycles. The highest BCUT2D eigenvalue weighted by atomic mass is 16.5. The molecule has 4 aromatic rings. The van der Waals surface area contributed by atoms with Crippen LogP contribution in [0.15, 0.2) is 89.3 Å². The Morgan fingerprint density at radius 2 is 1.70 bits per heavy atom. The number of nitrogens with one attached hydrogen (secondary N) is 1. The number of hydrogen-bond donors (Lipinski definition) is 2. The van der Waals surface area contributed by atoms with Crippen LogP contribution in [0, 0.1) is 0 Å². The number of nitrogens with zero attached hydrogens (tertiary/aromatic N) is 1.